The van der Waals surface area contributed by atoms with Gasteiger partial charge in [0.05, 0.1) is 0 Å². The lowest BCUT2D eigenvalue weighted by molar-refractivity contribution is 0.869. The third kappa shape index (κ3) is 3.53. The van der Waals surface area contributed by atoms with E-state index in [1.54, 1.807) is 13.0 Å². The zero-order chi connectivity index (χ0) is 12.3. The fraction of sp³-hybridized carbons (Fsp3) is 0.231. The number of halogens is 1. The maximum absolute atomic E-state index is 11.3. The highest BCUT2D eigenvalue weighted by atomic mass is 79.9. The van der Waals surface area contributed by atoms with Gasteiger partial charge in [0.1, 0.15) is 5.82 Å². The molecule has 3 nitrogen and oxygen atoms in total. The van der Waals surface area contributed by atoms with Crippen LogP contribution in [-0.4, -0.2) is 9.97 Å². The molecule has 2 aromatic rings. The molecule has 0 spiro atoms. The van der Waals surface area contributed by atoms with E-state index in [1.165, 1.54) is 5.56 Å². The van der Waals surface area contributed by atoms with Gasteiger partial charge in [0.2, 0.25) is 0 Å². The van der Waals surface area contributed by atoms with Crippen molar-refractivity contribution in [1.82, 2.24) is 9.97 Å². The summed E-state index contributed by atoms with van der Waals surface area (Å²) in [7, 11) is 0. The molecule has 1 heterocycles. The van der Waals surface area contributed by atoms with Gasteiger partial charge in [0.15, 0.2) is 0 Å². The molecule has 2 rings (SSSR count). The quantitative estimate of drug-likeness (QED) is 0.945. The van der Waals surface area contributed by atoms with Gasteiger partial charge in [0.25, 0.3) is 5.56 Å². The normalized spacial score (nSPS) is 10.5. The number of hydrogen-bond acceptors (Lipinski definition) is 2. The molecule has 4 heteroatoms. The lowest BCUT2D eigenvalue weighted by Crippen LogP contribution is -2.11. The van der Waals surface area contributed by atoms with E-state index in [2.05, 4.69) is 38.0 Å². The van der Waals surface area contributed by atoms with E-state index in [9.17, 15) is 4.79 Å². The summed E-state index contributed by atoms with van der Waals surface area (Å²) >= 11 is 3.40. The summed E-state index contributed by atoms with van der Waals surface area (Å²) in [6.45, 7) is 1.80. The number of aromatic amines is 1. The number of H-pyrrole nitrogens is 1. The van der Waals surface area contributed by atoms with Crippen molar-refractivity contribution in [2.75, 3.05) is 0 Å². The molecule has 1 N–H and O–H groups in total. The van der Waals surface area contributed by atoms with Crippen molar-refractivity contribution >= 4 is 15.9 Å². The molecule has 0 aliphatic carbocycles. The summed E-state index contributed by atoms with van der Waals surface area (Å²) in [5, 5.41) is 0. The maximum Gasteiger partial charge on any atom is 0.251 e. The predicted octanol–water partition coefficient (Wildman–Crippen LogP) is 2.63. The van der Waals surface area contributed by atoms with Crippen LogP contribution in [0.1, 0.15) is 17.1 Å². The average molecular weight is 293 g/mol. The molecule has 17 heavy (non-hydrogen) atoms. The second-order valence-electron chi connectivity index (χ2n) is 3.95. The molecule has 0 aliphatic heterocycles. The van der Waals surface area contributed by atoms with Gasteiger partial charge in [0, 0.05) is 16.2 Å². The van der Waals surface area contributed by atoms with Gasteiger partial charge in [-0.15, -0.1) is 0 Å². The van der Waals surface area contributed by atoms with Crippen LogP contribution in [0, 0.1) is 6.92 Å². The third-order valence-corrected chi connectivity index (χ3v) is 3.02. The average Bonchev–Trinajstić information content (AvgIpc) is 2.27. The van der Waals surface area contributed by atoms with Gasteiger partial charge < -0.3 is 4.98 Å². The highest BCUT2D eigenvalue weighted by Gasteiger charge is 2.00. The second kappa shape index (κ2) is 5.27. The van der Waals surface area contributed by atoms with E-state index < -0.39 is 0 Å². The van der Waals surface area contributed by atoms with Crippen LogP contribution in [0.25, 0.3) is 0 Å². The number of nitrogens with one attached hydrogen (secondary N) is 1. The van der Waals surface area contributed by atoms with E-state index in [-0.39, 0.29) is 5.56 Å². The van der Waals surface area contributed by atoms with Crippen LogP contribution in [0.15, 0.2) is 39.6 Å². The highest BCUT2D eigenvalue weighted by Crippen LogP contribution is 2.11. The van der Waals surface area contributed by atoms with E-state index in [4.69, 9.17) is 0 Å². The SMILES string of the molecule is Cc1nc(CCc2ccc(Br)cc2)cc(=O)[nH]1. The molecule has 0 bridgehead atoms. The maximum atomic E-state index is 11.3. The number of aryl methyl sites for hydroxylation is 3. The van der Waals surface area contributed by atoms with Crippen LogP contribution in [0.2, 0.25) is 0 Å². The lowest BCUT2D eigenvalue weighted by atomic mass is 10.1. The number of nitrogens with zero attached hydrogens (tertiary/aromatic N) is 1. The predicted molar refractivity (Wildman–Crippen MR) is 71.1 cm³/mol. The topological polar surface area (TPSA) is 45.8 Å². The van der Waals surface area contributed by atoms with Crippen molar-refractivity contribution < 1.29 is 0 Å². The summed E-state index contributed by atoms with van der Waals surface area (Å²) in [5.41, 5.74) is 2.01. The van der Waals surface area contributed by atoms with Crippen molar-refractivity contribution in [2.45, 2.75) is 19.8 Å². The Morgan fingerprint density at radius 1 is 1.24 bits per heavy atom. The fourth-order valence-corrected chi connectivity index (χ4v) is 1.96. The van der Waals surface area contributed by atoms with Crippen molar-refractivity contribution in [1.29, 1.82) is 0 Å². The molecule has 0 aliphatic rings. The Bertz CT molecular complexity index is 560. The smallest absolute Gasteiger partial charge is 0.251 e. The largest absolute Gasteiger partial charge is 0.311 e. The molecule has 1 aromatic carbocycles. The number of aromatic nitrogens is 2. The summed E-state index contributed by atoms with van der Waals surface area (Å²) in [5.74, 6) is 0.670. The fourth-order valence-electron chi connectivity index (χ4n) is 1.69. The Kier molecular flexibility index (Phi) is 3.74. The Hall–Kier alpha value is -1.42. The van der Waals surface area contributed by atoms with Crippen LogP contribution in [-0.2, 0) is 12.8 Å². The molecule has 0 unspecified atom stereocenters. The van der Waals surface area contributed by atoms with Crippen LogP contribution in [0.5, 0.6) is 0 Å². The van der Waals surface area contributed by atoms with E-state index in [0.29, 0.717) is 5.82 Å². The van der Waals surface area contributed by atoms with Crippen LogP contribution < -0.4 is 5.56 Å². The van der Waals surface area contributed by atoms with Crippen molar-refractivity contribution in [3.63, 3.8) is 0 Å². The van der Waals surface area contributed by atoms with Gasteiger partial charge in [-0.1, -0.05) is 28.1 Å². The molecule has 0 fully saturated rings. The Labute approximate surface area is 108 Å². The molecular weight excluding hydrogens is 280 g/mol. The monoisotopic (exact) mass is 292 g/mol. The van der Waals surface area contributed by atoms with Crippen LogP contribution >= 0.6 is 15.9 Å². The van der Waals surface area contributed by atoms with E-state index in [1.807, 2.05) is 12.1 Å². The first-order valence-electron chi connectivity index (χ1n) is 5.45. The second-order valence-corrected chi connectivity index (χ2v) is 4.86. The molecule has 0 atom stereocenters. The Morgan fingerprint density at radius 2 is 1.94 bits per heavy atom. The Morgan fingerprint density at radius 3 is 2.59 bits per heavy atom. The molecule has 0 saturated heterocycles. The van der Waals surface area contributed by atoms with Gasteiger partial charge in [-0.05, 0) is 37.5 Å². The van der Waals surface area contributed by atoms with E-state index in [0.717, 1.165) is 23.0 Å². The van der Waals surface area contributed by atoms with Crippen LogP contribution in [0.3, 0.4) is 0 Å². The molecule has 1 aromatic heterocycles. The third-order valence-electron chi connectivity index (χ3n) is 2.50. The van der Waals surface area contributed by atoms with Crippen molar-refractivity contribution in [2.24, 2.45) is 0 Å². The number of benzene rings is 1. The van der Waals surface area contributed by atoms with Gasteiger partial charge in [-0.25, -0.2) is 4.98 Å². The van der Waals surface area contributed by atoms with Gasteiger partial charge >= 0.3 is 0 Å². The molecule has 0 radical (unpaired) electrons. The molecule has 0 amide bonds. The van der Waals surface area contributed by atoms with Crippen molar-refractivity contribution in [3.05, 3.63) is 62.2 Å². The molecule has 0 saturated carbocycles. The standard InChI is InChI=1S/C13H13BrN2O/c1-9-15-12(8-13(17)16-9)7-4-10-2-5-11(14)6-3-10/h2-3,5-6,8H,4,7H2,1H3,(H,15,16,17). The summed E-state index contributed by atoms with van der Waals surface area (Å²) in [4.78, 5) is 18.2. The lowest BCUT2D eigenvalue weighted by Gasteiger charge is -2.02. The summed E-state index contributed by atoms with van der Waals surface area (Å²) in [6, 6.07) is 9.75. The molecular formula is C13H13BrN2O. The van der Waals surface area contributed by atoms with E-state index >= 15 is 0 Å². The zero-order valence-electron chi connectivity index (χ0n) is 9.53. The minimum Gasteiger partial charge on any atom is -0.311 e. The first-order chi connectivity index (χ1) is 8.13. The number of hydrogen-bond donors (Lipinski definition) is 1. The minimum atomic E-state index is -0.0803. The molecule has 88 valence electrons. The highest BCUT2D eigenvalue weighted by molar-refractivity contribution is 9.10. The van der Waals surface area contributed by atoms with Gasteiger partial charge in [-0.2, -0.15) is 0 Å². The van der Waals surface area contributed by atoms with Gasteiger partial charge in [-0.3, -0.25) is 4.79 Å². The minimum absolute atomic E-state index is 0.0803. The van der Waals surface area contributed by atoms with Crippen molar-refractivity contribution in [3.8, 4) is 0 Å². The Balaban J connectivity index is 2.07. The first-order valence-corrected chi connectivity index (χ1v) is 6.24. The zero-order valence-corrected chi connectivity index (χ0v) is 11.1. The summed E-state index contributed by atoms with van der Waals surface area (Å²) in [6.07, 6.45) is 1.68. The first kappa shape index (κ1) is 12.0. The number of rotatable bonds is 3. The van der Waals surface area contributed by atoms with Crippen LogP contribution in [0.4, 0.5) is 0 Å². The summed E-state index contributed by atoms with van der Waals surface area (Å²) < 4.78 is 1.08.